The molecule has 0 saturated heterocycles. The van der Waals surface area contributed by atoms with Crippen LogP contribution in [0.4, 0.5) is 4.39 Å². The third-order valence-corrected chi connectivity index (χ3v) is 3.32. The van der Waals surface area contributed by atoms with Gasteiger partial charge in [-0.1, -0.05) is 0 Å². The number of carbonyl (C=O) groups excluding carboxylic acids is 1. The molecule has 0 aliphatic heterocycles. The van der Waals surface area contributed by atoms with Gasteiger partial charge in [0.1, 0.15) is 17.3 Å². The molecule has 110 valence electrons. The topological polar surface area (TPSA) is 44.1 Å². The van der Waals surface area contributed by atoms with Crippen LogP contribution in [0.25, 0.3) is 16.9 Å². The number of carbonyl (C=O) groups is 1. The number of nitrogens with zero attached hydrogens (tertiary/aromatic N) is 2. The minimum Gasteiger partial charge on any atom is -0.497 e. The highest BCUT2D eigenvalue weighted by Gasteiger charge is 2.12. The van der Waals surface area contributed by atoms with Crippen molar-refractivity contribution in [3.05, 3.63) is 66.1 Å². The molecule has 3 aromatic rings. The van der Waals surface area contributed by atoms with Crippen LogP contribution in [0.15, 0.2) is 54.7 Å². The second-order valence-electron chi connectivity index (χ2n) is 4.70. The summed E-state index contributed by atoms with van der Waals surface area (Å²) >= 11 is 0. The van der Waals surface area contributed by atoms with Gasteiger partial charge in [-0.25, -0.2) is 9.07 Å². The van der Waals surface area contributed by atoms with Crippen molar-refractivity contribution in [1.29, 1.82) is 0 Å². The van der Waals surface area contributed by atoms with Gasteiger partial charge in [0.25, 0.3) is 0 Å². The van der Waals surface area contributed by atoms with E-state index < -0.39 is 0 Å². The molecule has 0 bridgehead atoms. The van der Waals surface area contributed by atoms with E-state index in [2.05, 4.69) is 5.10 Å². The van der Waals surface area contributed by atoms with Gasteiger partial charge in [0.05, 0.1) is 18.4 Å². The van der Waals surface area contributed by atoms with Crippen LogP contribution in [0.2, 0.25) is 0 Å². The summed E-state index contributed by atoms with van der Waals surface area (Å²) in [4.78, 5) is 11.3. The number of aromatic nitrogens is 2. The van der Waals surface area contributed by atoms with E-state index >= 15 is 0 Å². The molecule has 1 heterocycles. The molecule has 3 rings (SSSR count). The van der Waals surface area contributed by atoms with Gasteiger partial charge in [0.2, 0.25) is 0 Å². The van der Waals surface area contributed by atoms with Crippen molar-refractivity contribution in [1.82, 2.24) is 9.78 Å². The zero-order chi connectivity index (χ0) is 15.5. The Balaban J connectivity index is 2.04. The number of halogens is 1. The second-order valence-corrected chi connectivity index (χ2v) is 4.70. The Kier molecular flexibility index (Phi) is 3.70. The normalized spacial score (nSPS) is 10.5. The van der Waals surface area contributed by atoms with E-state index in [9.17, 15) is 9.18 Å². The van der Waals surface area contributed by atoms with Crippen molar-refractivity contribution in [3.8, 4) is 22.7 Å². The highest BCUT2D eigenvalue weighted by molar-refractivity contribution is 5.85. The number of hydrogen-bond donors (Lipinski definition) is 0. The average molecular weight is 296 g/mol. The number of benzene rings is 2. The Hall–Kier alpha value is -2.95. The quantitative estimate of drug-likeness (QED) is 0.692. The number of methoxy groups -OCH3 is 1. The smallest absolute Gasteiger partial charge is 0.153 e. The van der Waals surface area contributed by atoms with Crippen LogP contribution in [0.3, 0.4) is 0 Å². The summed E-state index contributed by atoms with van der Waals surface area (Å²) in [5.41, 5.74) is 2.53. The van der Waals surface area contributed by atoms with Crippen molar-refractivity contribution >= 4 is 6.29 Å². The number of rotatable bonds is 4. The first kappa shape index (κ1) is 14.0. The van der Waals surface area contributed by atoms with E-state index in [0.717, 1.165) is 17.6 Å². The fraction of sp³-hybridized carbons (Fsp3) is 0.0588. The molecular weight excluding hydrogens is 283 g/mol. The maximum Gasteiger partial charge on any atom is 0.153 e. The molecule has 4 nitrogen and oxygen atoms in total. The van der Waals surface area contributed by atoms with Crippen LogP contribution >= 0.6 is 0 Å². The highest BCUT2D eigenvalue weighted by Crippen LogP contribution is 2.24. The Morgan fingerprint density at radius 1 is 1.09 bits per heavy atom. The lowest BCUT2D eigenvalue weighted by Crippen LogP contribution is -1.94. The van der Waals surface area contributed by atoms with E-state index in [1.165, 1.54) is 12.1 Å². The second kappa shape index (κ2) is 5.81. The molecule has 0 saturated carbocycles. The van der Waals surface area contributed by atoms with Crippen molar-refractivity contribution in [3.63, 3.8) is 0 Å². The van der Waals surface area contributed by atoms with Crippen molar-refractivity contribution in [2.75, 3.05) is 7.11 Å². The first-order valence-corrected chi connectivity index (χ1v) is 6.66. The van der Waals surface area contributed by atoms with Gasteiger partial charge >= 0.3 is 0 Å². The molecule has 22 heavy (non-hydrogen) atoms. The van der Waals surface area contributed by atoms with Crippen LogP contribution in [0.1, 0.15) is 10.4 Å². The van der Waals surface area contributed by atoms with Crippen LogP contribution in [-0.2, 0) is 0 Å². The molecule has 0 aliphatic carbocycles. The van der Waals surface area contributed by atoms with E-state index in [1.54, 1.807) is 42.3 Å². The van der Waals surface area contributed by atoms with E-state index in [-0.39, 0.29) is 5.82 Å². The zero-order valence-corrected chi connectivity index (χ0v) is 11.9. The summed E-state index contributed by atoms with van der Waals surface area (Å²) in [6.07, 6.45) is 2.38. The molecule has 5 heteroatoms. The highest BCUT2D eigenvalue weighted by atomic mass is 19.1. The lowest BCUT2D eigenvalue weighted by molar-refractivity contribution is 0.112. The molecule has 0 fully saturated rings. The monoisotopic (exact) mass is 296 g/mol. The molecule has 1 aromatic heterocycles. The number of hydrogen-bond acceptors (Lipinski definition) is 3. The van der Waals surface area contributed by atoms with Gasteiger partial charge in [-0.3, -0.25) is 4.79 Å². The van der Waals surface area contributed by atoms with Gasteiger partial charge < -0.3 is 4.74 Å². The lowest BCUT2D eigenvalue weighted by Gasteiger charge is -2.02. The molecule has 0 N–H and O–H groups in total. The predicted octanol–water partition coefficient (Wildman–Crippen LogP) is 3.50. The van der Waals surface area contributed by atoms with Crippen molar-refractivity contribution in [2.24, 2.45) is 0 Å². The van der Waals surface area contributed by atoms with E-state index in [0.29, 0.717) is 16.9 Å². The zero-order valence-electron chi connectivity index (χ0n) is 11.9. The standard InChI is InChI=1S/C17H13FN2O2/c1-22-16-8-2-12(3-9-16)17-13(11-21)10-20(19-17)15-6-4-14(18)5-7-15/h2-11H,1H3. The van der Waals surface area contributed by atoms with E-state index in [4.69, 9.17) is 4.74 Å². The molecule has 0 aliphatic rings. The molecule has 0 atom stereocenters. The summed E-state index contributed by atoms with van der Waals surface area (Å²) in [6, 6.07) is 13.2. The maximum absolute atomic E-state index is 13.0. The maximum atomic E-state index is 13.0. The molecule has 0 spiro atoms. The Bertz CT molecular complexity index is 793. The first-order chi connectivity index (χ1) is 10.7. The minimum atomic E-state index is -0.318. The fourth-order valence-corrected chi connectivity index (χ4v) is 2.17. The Morgan fingerprint density at radius 3 is 2.36 bits per heavy atom. The fourth-order valence-electron chi connectivity index (χ4n) is 2.17. The van der Waals surface area contributed by atoms with Gasteiger partial charge in [0, 0.05) is 11.8 Å². The van der Waals surface area contributed by atoms with Gasteiger partial charge in [0.15, 0.2) is 6.29 Å². The summed E-state index contributed by atoms with van der Waals surface area (Å²) in [5, 5.41) is 4.43. The molecule has 2 aromatic carbocycles. The van der Waals surface area contributed by atoms with Crippen LogP contribution < -0.4 is 4.74 Å². The van der Waals surface area contributed by atoms with Crippen LogP contribution in [0, 0.1) is 5.82 Å². The molecular formula is C17H13FN2O2. The summed E-state index contributed by atoms with van der Waals surface area (Å²) in [6.45, 7) is 0. The number of ether oxygens (including phenoxy) is 1. The van der Waals surface area contributed by atoms with Crippen LogP contribution in [0.5, 0.6) is 5.75 Å². The first-order valence-electron chi connectivity index (χ1n) is 6.66. The lowest BCUT2D eigenvalue weighted by atomic mass is 10.1. The third kappa shape index (κ3) is 2.61. The summed E-state index contributed by atoms with van der Waals surface area (Å²) in [5.74, 6) is 0.413. The molecule has 0 radical (unpaired) electrons. The van der Waals surface area contributed by atoms with Crippen molar-refractivity contribution in [2.45, 2.75) is 0 Å². The predicted molar refractivity (Wildman–Crippen MR) is 80.9 cm³/mol. The van der Waals surface area contributed by atoms with Gasteiger partial charge in [-0.05, 0) is 48.5 Å². The van der Waals surface area contributed by atoms with Crippen molar-refractivity contribution < 1.29 is 13.9 Å². The van der Waals surface area contributed by atoms with Gasteiger partial charge in [-0.2, -0.15) is 5.10 Å². The van der Waals surface area contributed by atoms with Gasteiger partial charge in [-0.15, -0.1) is 0 Å². The minimum absolute atomic E-state index is 0.318. The third-order valence-electron chi connectivity index (χ3n) is 3.32. The molecule has 0 amide bonds. The molecule has 0 unspecified atom stereocenters. The Labute approximate surface area is 126 Å². The summed E-state index contributed by atoms with van der Waals surface area (Å²) < 4.78 is 19.7. The Morgan fingerprint density at radius 2 is 1.77 bits per heavy atom. The SMILES string of the molecule is COc1ccc(-c2nn(-c3ccc(F)cc3)cc2C=O)cc1. The summed E-state index contributed by atoms with van der Waals surface area (Å²) in [7, 11) is 1.59. The van der Waals surface area contributed by atoms with E-state index in [1.807, 2.05) is 12.1 Å². The average Bonchev–Trinajstić information content (AvgIpc) is 3.00. The van der Waals surface area contributed by atoms with Crippen LogP contribution in [-0.4, -0.2) is 23.2 Å². The largest absolute Gasteiger partial charge is 0.497 e. The number of aldehydes is 1.